The zero-order chi connectivity index (χ0) is 14.8. The van der Waals surface area contributed by atoms with Gasteiger partial charge >= 0.3 is 12.0 Å². The van der Waals surface area contributed by atoms with E-state index in [0.717, 1.165) is 32.6 Å². The minimum absolute atomic E-state index is 0.0908. The van der Waals surface area contributed by atoms with E-state index in [1.54, 1.807) is 0 Å². The quantitative estimate of drug-likeness (QED) is 0.828. The monoisotopic (exact) mass is 313 g/mol. The van der Waals surface area contributed by atoms with E-state index in [2.05, 4.69) is 4.90 Å². The van der Waals surface area contributed by atoms with Crippen LogP contribution in [0.15, 0.2) is 0 Å². The largest absolute Gasteiger partial charge is 0.480 e. The molecule has 21 heavy (non-hydrogen) atoms. The average molecular weight is 313 g/mol. The van der Waals surface area contributed by atoms with Gasteiger partial charge in [0.05, 0.1) is 5.88 Å². The maximum absolute atomic E-state index is 12.5. The summed E-state index contributed by atoms with van der Waals surface area (Å²) in [6, 6.07) is -0.281. The highest BCUT2D eigenvalue weighted by molar-refractivity contribution is 7.99. The zero-order valence-corrected chi connectivity index (χ0v) is 13.1. The molecule has 2 atom stereocenters. The number of aliphatic carboxylic acids is 1. The van der Waals surface area contributed by atoms with Gasteiger partial charge in [0, 0.05) is 24.9 Å². The van der Waals surface area contributed by atoms with Crippen molar-refractivity contribution in [2.24, 2.45) is 0 Å². The van der Waals surface area contributed by atoms with E-state index in [1.165, 1.54) is 35.9 Å². The number of rotatable bonds is 2. The van der Waals surface area contributed by atoms with E-state index in [9.17, 15) is 14.7 Å². The van der Waals surface area contributed by atoms with Crippen molar-refractivity contribution in [1.82, 2.24) is 14.7 Å². The van der Waals surface area contributed by atoms with Crippen LogP contribution in [-0.4, -0.2) is 81.7 Å². The molecule has 3 fully saturated rings. The molecule has 0 aromatic rings. The number of hydrogen-bond acceptors (Lipinski definition) is 4. The van der Waals surface area contributed by atoms with Crippen LogP contribution in [0.3, 0.4) is 0 Å². The van der Waals surface area contributed by atoms with E-state index in [0.29, 0.717) is 17.7 Å². The second-order valence-electron chi connectivity index (χ2n) is 6.09. The van der Waals surface area contributed by atoms with Crippen molar-refractivity contribution < 1.29 is 14.7 Å². The summed E-state index contributed by atoms with van der Waals surface area (Å²) in [5.74, 6) is 0.116. The molecular weight excluding hydrogens is 290 g/mol. The normalized spacial score (nSPS) is 30.9. The van der Waals surface area contributed by atoms with Gasteiger partial charge < -0.3 is 14.9 Å². The van der Waals surface area contributed by atoms with Crippen molar-refractivity contribution in [3.8, 4) is 0 Å². The third-order valence-electron chi connectivity index (χ3n) is 4.75. The number of carboxylic acid groups (broad SMARTS) is 1. The fourth-order valence-corrected chi connectivity index (χ4v) is 4.65. The van der Waals surface area contributed by atoms with Crippen molar-refractivity contribution >= 4 is 23.8 Å². The Labute approximate surface area is 129 Å². The highest BCUT2D eigenvalue weighted by Crippen LogP contribution is 2.26. The van der Waals surface area contributed by atoms with Crippen molar-refractivity contribution in [3.63, 3.8) is 0 Å². The topological polar surface area (TPSA) is 64.1 Å². The number of thioether (sulfide) groups is 1. The lowest BCUT2D eigenvalue weighted by molar-refractivity contribution is -0.140. The number of likely N-dealkylation sites (tertiary alicyclic amines) is 2. The molecular formula is C14H23N3O3S. The molecule has 0 aliphatic carbocycles. The van der Waals surface area contributed by atoms with Gasteiger partial charge in [0.25, 0.3) is 0 Å². The fraction of sp³-hybridized carbons (Fsp3) is 0.857. The maximum Gasteiger partial charge on any atom is 0.327 e. The van der Waals surface area contributed by atoms with Crippen LogP contribution in [0.4, 0.5) is 4.79 Å². The number of nitrogens with zero attached hydrogens (tertiary/aromatic N) is 3. The van der Waals surface area contributed by atoms with Crippen LogP contribution in [0.25, 0.3) is 0 Å². The van der Waals surface area contributed by atoms with Crippen molar-refractivity contribution in [1.29, 1.82) is 0 Å². The van der Waals surface area contributed by atoms with Gasteiger partial charge in [0.15, 0.2) is 0 Å². The molecule has 7 heteroatoms. The van der Waals surface area contributed by atoms with Gasteiger partial charge in [-0.25, -0.2) is 9.59 Å². The fourth-order valence-electron chi connectivity index (χ4n) is 3.51. The molecule has 0 radical (unpaired) electrons. The van der Waals surface area contributed by atoms with Gasteiger partial charge in [0.2, 0.25) is 0 Å². The molecule has 3 saturated heterocycles. The Morgan fingerprint density at radius 3 is 2.57 bits per heavy atom. The minimum atomic E-state index is -0.889. The standard InChI is InChI=1S/C14H23N3O3S/c18-13(19)12-9-21-10-17(12)14(20)16-7-4-11(8-16)15-5-2-1-3-6-15/h11-12H,1-10H2,(H,18,19)/t11?,12-/m0/s1. The Bertz CT molecular complexity index is 414. The molecule has 0 saturated carbocycles. The van der Waals surface area contributed by atoms with Gasteiger partial charge in [-0.1, -0.05) is 6.42 Å². The van der Waals surface area contributed by atoms with Crippen LogP contribution in [0.5, 0.6) is 0 Å². The lowest BCUT2D eigenvalue weighted by atomic mass is 10.1. The summed E-state index contributed by atoms with van der Waals surface area (Å²) < 4.78 is 0. The first-order valence-electron chi connectivity index (χ1n) is 7.77. The summed E-state index contributed by atoms with van der Waals surface area (Å²) in [7, 11) is 0. The van der Waals surface area contributed by atoms with E-state index < -0.39 is 12.0 Å². The Kier molecular flexibility index (Phi) is 4.59. The van der Waals surface area contributed by atoms with Gasteiger partial charge in [-0.15, -0.1) is 11.8 Å². The van der Waals surface area contributed by atoms with Crippen LogP contribution in [0.2, 0.25) is 0 Å². The molecule has 0 aromatic carbocycles. The Morgan fingerprint density at radius 2 is 1.86 bits per heavy atom. The minimum Gasteiger partial charge on any atom is -0.480 e. The number of hydrogen-bond donors (Lipinski definition) is 1. The highest BCUT2D eigenvalue weighted by Gasteiger charge is 2.39. The Balaban J connectivity index is 1.57. The predicted molar refractivity (Wildman–Crippen MR) is 81.4 cm³/mol. The molecule has 1 unspecified atom stereocenters. The molecule has 1 N–H and O–H groups in total. The average Bonchev–Trinajstić information content (AvgIpc) is 3.17. The summed E-state index contributed by atoms with van der Waals surface area (Å²) in [5.41, 5.74) is 0. The molecule has 2 amide bonds. The van der Waals surface area contributed by atoms with Crippen molar-refractivity contribution in [2.75, 3.05) is 37.8 Å². The Hall–Kier alpha value is -0.950. The lowest BCUT2D eigenvalue weighted by Gasteiger charge is -2.32. The highest BCUT2D eigenvalue weighted by atomic mass is 32.2. The second-order valence-corrected chi connectivity index (χ2v) is 7.09. The zero-order valence-electron chi connectivity index (χ0n) is 12.2. The van der Waals surface area contributed by atoms with Gasteiger partial charge in [-0.3, -0.25) is 4.90 Å². The molecule has 3 aliphatic heterocycles. The van der Waals surface area contributed by atoms with Gasteiger partial charge in [0.1, 0.15) is 6.04 Å². The smallest absolute Gasteiger partial charge is 0.327 e. The van der Waals surface area contributed by atoms with Gasteiger partial charge in [-0.2, -0.15) is 0 Å². The van der Waals surface area contributed by atoms with Crippen LogP contribution >= 0.6 is 11.8 Å². The molecule has 0 aromatic heterocycles. The maximum atomic E-state index is 12.5. The number of urea groups is 1. The van der Waals surface area contributed by atoms with Crippen molar-refractivity contribution in [3.05, 3.63) is 0 Å². The van der Waals surface area contributed by atoms with Crippen LogP contribution in [-0.2, 0) is 4.79 Å². The molecule has 6 nitrogen and oxygen atoms in total. The number of carbonyl (C=O) groups excluding carboxylic acids is 1. The predicted octanol–water partition coefficient (Wildman–Crippen LogP) is 1.13. The Morgan fingerprint density at radius 1 is 1.10 bits per heavy atom. The first-order valence-corrected chi connectivity index (χ1v) is 8.92. The summed E-state index contributed by atoms with van der Waals surface area (Å²) >= 11 is 1.52. The molecule has 0 bridgehead atoms. The van der Waals surface area contributed by atoms with Crippen LogP contribution in [0.1, 0.15) is 25.7 Å². The molecule has 3 heterocycles. The summed E-state index contributed by atoms with van der Waals surface area (Å²) in [6.45, 7) is 3.80. The van der Waals surface area contributed by atoms with Crippen LogP contribution in [0, 0.1) is 0 Å². The van der Waals surface area contributed by atoms with Gasteiger partial charge in [-0.05, 0) is 32.4 Å². The summed E-state index contributed by atoms with van der Waals surface area (Å²) in [6.07, 6.45) is 4.85. The third kappa shape index (κ3) is 3.13. The summed E-state index contributed by atoms with van der Waals surface area (Å²) in [4.78, 5) is 29.6. The molecule has 3 rings (SSSR count). The number of carbonyl (C=O) groups is 2. The molecule has 3 aliphatic rings. The number of amides is 2. The molecule has 0 spiro atoms. The third-order valence-corrected chi connectivity index (χ3v) is 5.77. The first kappa shape index (κ1) is 15.0. The summed E-state index contributed by atoms with van der Waals surface area (Å²) in [5, 5.41) is 9.20. The number of piperidine rings is 1. The van der Waals surface area contributed by atoms with E-state index >= 15 is 0 Å². The van der Waals surface area contributed by atoms with E-state index in [-0.39, 0.29) is 6.03 Å². The van der Waals surface area contributed by atoms with Crippen molar-refractivity contribution in [2.45, 2.75) is 37.8 Å². The van der Waals surface area contributed by atoms with Crippen LogP contribution < -0.4 is 0 Å². The SMILES string of the molecule is O=C(O)[C@@H]1CSCN1C(=O)N1CCC(N2CCCCC2)C1. The van der Waals surface area contributed by atoms with E-state index in [4.69, 9.17) is 0 Å². The van der Waals surface area contributed by atoms with E-state index in [1.807, 2.05) is 4.90 Å². The molecule has 118 valence electrons. The lowest BCUT2D eigenvalue weighted by Crippen LogP contribution is -2.49. The second kappa shape index (κ2) is 6.44. The number of carboxylic acids is 1. The first-order chi connectivity index (χ1) is 10.2.